The summed E-state index contributed by atoms with van der Waals surface area (Å²) in [6.45, 7) is 0. The first-order valence-corrected chi connectivity index (χ1v) is 6.17. The second kappa shape index (κ2) is 5.62. The quantitative estimate of drug-likeness (QED) is 0.790. The van der Waals surface area contributed by atoms with E-state index in [2.05, 4.69) is 25.7 Å². The topological polar surface area (TPSA) is 39.2 Å². The Kier molecular flexibility index (Phi) is 4.08. The number of pyridine rings is 1. The van der Waals surface area contributed by atoms with Crippen molar-refractivity contribution < 1.29 is 22.7 Å². The van der Waals surface area contributed by atoms with E-state index in [1.54, 1.807) is 12.1 Å². The van der Waals surface area contributed by atoms with Crippen LogP contribution in [0.15, 0.2) is 47.1 Å². The fourth-order valence-corrected chi connectivity index (χ4v) is 1.94. The molecule has 7 heteroatoms. The molecule has 0 aliphatic carbocycles. The van der Waals surface area contributed by atoms with E-state index in [9.17, 15) is 18.0 Å². The van der Waals surface area contributed by atoms with Crippen LogP contribution < -0.4 is 4.74 Å². The molecule has 20 heavy (non-hydrogen) atoms. The molecule has 0 saturated heterocycles. The summed E-state index contributed by atoms with van der Waals surface area (Å²) in [6.07, 6.45) is -3.38. The molecule has 2 aromatic rings. The Morgan fingerprint density at radius 2 is 1.95 bits per heavy atom. The lowest BCUT2D eigenvalue weighted by Crippen LogP contribution is -2.17. The number of alkyl halides is 3. The lowest BCUT2D eigenvalue weighted by Gasteiger charge is -2.10. The SMILES string of the molecule is O=C(c1ccccn1)c1cc(OC(F)(F)F)ccc1Br. The number of rotatable bonds is 3. The zero-order valence-electron chi connectivity index (χ0n) is 9.82. The van der Waals surface area contributed by atoms with E-state index in [-0.39, 0.29) is 11.3 Å². The molecular weight excluding hydrogens is 339 g/mol. The summed E-state index contributed by atoms with van der Waals surface area (Å²) in [7, 11) is 0. The minimum atomic E-state index is -4.81. The fraction of sp³-hybridized carbons (Fsp3) is 0.0769. The van der Waals surface area contributed by atoms with Crippen LogP contribution in [0.4, 0.5) is 13.2 Å². The molecule has 0 atom stereocenters. The maximum absolute atomic E-state index is 12.2. The predicted octanol–water partition coefficient (Wildman–Crippen LogP) is 3.97. The van der Waals surface area contributed by atoms with Gasteiger partial charge in [-0.15, -0.1) is 13.2 Å². The highest BCUT2D eigenvalue weighted by atomic mass is 79.9. The molecule has 0 amide bonds. The number of carbonyl (C=O) groups excluding carboxylic acids is 1. The summed E-state index contributed by atoms with van der Waals surface area (Å²) in [4.78, 5) is 16.0. The molecule has 2 rings (SSSR count). The minimum absolute atomic E-state index is 0.0467. The summed E-state index contributed by atoms with van der Waals surface area (Å²) in [5.74, 6) is -0.954. The van der Waals surface area contributed by atoms with Gasteiger partial charge in [0.15, 0.2) is 0 Å². The number of nitrogens with zero attached hydrogens (tertiary/aromatic N) is 1. The van der Waals surface area contributed by atoms with Gasteiger partial charge in [-0.05, 0) is 30.3 Å². The third-order valence-corrected chi connectivity index (χ3v) is 3.01. The second-order valence-corrected chi connectivity index (χ2v) is 4.59. The Balaban J connectivity index is 2.36. The number of hydrogen-bond acceptors (Lipinski definition) is 3. The highest BCUT2D eigenvalue weighted by Crippen LogP contribution is 2.28. The Hall–Kier alpha value is -1.89. The smallest absolute Gasteiger partial charge is 0.406 e. The van der Waals surface area contributed by atoms with Crippen molar-refractivity contribution >= 4 is 21.7 Å². The van der Waals surface area contributed by atoms with Crippen LogP contribution in [0.25, 0.3) is 0 Å². The number of hydrogen-bond donors (Lipinski definition) is 0. The molecule has 0 fully saturated rings. The van der Waals surface area contributed by atoms with Gasteiger partial charge in [0, 0.05) is 16.2 Å². The normalized spacial score (nSPS) is 11.2. The van der Waals surface area contributed by atoms with E-state index in [4.69, 9.17) is 0 Å². The summed E-state index contributed by atoms with van der Waals surface area (Å²) in [5, 5.41) is 0. The number of halogens is 4. The monoisotopic (exact) mass is 345 g/mol. The Morgan fingerprint density at radius 3 is 2.55 bits per heavy atom. The maximum atomic E-state index is 12.2. The summed E-state index contributed by atoms with van der Waals surface area (Å²) in [6, 6.07) is 8.18. The standard InChI is InChI=1S/C13H7BrF3NO2/c14-10-5-4-8(20-13(15,16)17)7-9(10)12(19)11-3-1-2-6-18-11/h1-7H. The van der Waals surface area contributed by atoms with Crippen molar-refractivity contribution in [1.29, 1.82) is 0 Å². The van der Waals surface area contributed by atoms with Gasteiger partial charge in [0.2, 0.25) is 5.78 Å². The van der Waals surface area contributed by atoms with Crippen LogP contribution in [-0.2, 0) is 0 Å². The van der Waals surface area contributed by atoms with E-state index >= 15 is 0 Å². The molecule has 0 radical (unpaired) electrons. The van der Waals surface area contributed by atoms with E-state index in [0.717, 1.165) is 12.1 Å². The molecule has 0 aliphatic heterocycles. The van der Waals surface area contributed by atoms with Crippen molar-refractivity contribution in [2.24, 2.45) is 0 Å². The number of ether oxygens (including phenoxy) is 1. The van der Waals surface area contributed by atoms with Crippen molar-refractivity contribution in [3.8, 4) is 5.75 Å². The summed E-state index contributed by atoms with van der Waals surface area (Å²) in [5.41, 5.74) is 0.183. The van der Waals surface area contributed by atoms with Crippen molar-refractivity contribution in [2.45, 2.75) is 6.36 Å². The number of benzene rings is 1. The van der Waals surface area contributed by atoms with E-state index in [1.165, 1.54) is 18.3 Å². The lowest BCUT2D eigenvalue weighted by atomic mass is 10.1. The highest BCUT2D eigenvalue weighted by Gasteiger charge is 2.31. The molecular formula is C13H7BrF3NO2. The molecule has 0 aliphatic rings. The summed E-state index contributed by atoms with van der Waals surface area (Å²) < 4.78 is 40.7. The minimum Gasteiger partial charge on any atom is -0.406 e. The molecule has 1 heterocycles. The largest absolute Gasteiger partial charge is 0.573 e. The van der Waals surface area contributed by atoms with Crippen LogP contribution in [0, 0.1) is 0 Å². The van der Waals surface area contributed by atoms with Crippen LogP contribution >= 0.6 is 15.9 Å². The molecule has 0 unspecified atom stereocenters. The molecule has 1 aromatic carbocycles. The van der Waals surface area contributed by atoms with Gasteiger partial charge in [-0.3, -0.25) is 9.78 Å². The van der Waals surface area contributed by atoms with Crippen molar-refractivity contribution in [3.05, 3.63) is 58.3 Å². The zero-order chi connectivity index (χ0) is 14.8. The van der Waals surface area contributed by atoms with Gasteiger partial charge in [-0.1, -0.05) is 22.0 Å². The first kappa shape index (κ1) is 14.5. The predicted molar refractivity (Wildman–Crippen MR) is 68.5 cm³/mol. The van der Waals surface area contributed by atoms with E-state index < -0.39 is 17.9 Å². The Bertz CT molecular complexity index is 629. The zero-order valence-corrected chi connectivity index (χ0v) is 11.4. The molecule has 1 aromatic heterocycles. The van der Waals surface area contributed by atoms with Crippen molar-refractivity contribution in [2.75, 3.05) is 0 Å². The van der Waals surface area contributed by atoms with Crippen molar-refractivity contribution in [1.82, 2.24) is 4.98 Å². The van der Waals surface area contributed by atoms with Gasteiger partial charge in [0.25, 0.3) is 0 Å². The van der Waals surface area contributed by atoms with Crippen LogP contribution in [0.2, 0.25) is 0 Å². The molecule has 0 saturated carbocycles. The van der Waals surface area contributed by atoms with Gasteiger partial charge in [-0.2, -0.15) is 0 Å². The van der Waals surface area contributed by atoms with Crippen LogP contribution in [0.3, 0.4) is 0 Å². The summed E-state index contributed by atoms with van der Waals surface area (Å²) >= 11 is 3.12. The Morgan fingerprint density at radius 1 is 1.20 bits per heavy atom. The van der Waals surface area contributed by atoms with Crippen LogP contribution in [0.5, 0.6) is 5.75 Å². The van der Waals surface area contributed by atoms with Gasteiger partial charge >= 0.3 is 6.36 Å². The van der Waals surface area contributed by atoms with Crippen molar-refractivity contribution in [3.63, 3.8) is 0 Å². The number of ketones is 1. The van der Waals surface area contributed by atoms with Crippen LogP contribution in [-0.4, -0.2) is 17.1 Å². The molecule has 3 nitrogen and oxygen atoms in total. The molecule has 104 valence electrons. The van der Waals surface area contributed by atoms with Crippen LogP contribution in [0.1, 0.15) is 16.1 Å². The third kappa shape index (κ3) is 3.57. The number of aromatic nitrogens is 1. The average Bonchev–Trinajstić information content (AvgIpc) is 2.40. The van der Waals surface area contributed by atoms with E-state index in [1.807, 2.05) is 0 Å². The molecule has 0 N–H and O–H groups in total. The van der Waals surface area contributed by atoms with E-state index in [0.29, 0.717) is 4.47 Å². The second-order valence-electron chi connectivity index (χ2n) is 3.73. The van der Waals surface area contributed by atoms with Gasteiger partial charge < -0.3 is 4.74 Å². The van der Waals surface area contributed by atoms with Gasteiger partial charge in [0.05, 0.1) is 0 Å². The third-order valence-electron chi connectivity index (χ3n) is 2.31. The average molecular weight is 346 g/mol. The lowest BCUT2D eigenvalue weighted by molar-refractivity contribution is -0.274. The maximum Gasteiger partial charge on any atom is 0.573 e. The molecule has 0 bridgehead atoms. The van der Waals surface area contributed by atoms with Gasteiger partial charge in [0.1, 0.15) is 11.4 Å². The fourth-order valence-electron chi connectivity index (χ4n) is 1.51. The number of carbonyl (C=O) groups is 1. The van der Waals surface area contributed by atoms with Gasteiger partial charge in [-0.25, -0.2) is 0 Å². The highest BCUT2D eigenvalue weighted by molar-refractivity contribution is 9.10. The first-order valence-electron chi connectivity index (χ1n) is 5.38. The molecule has 0 spiro atoms. The Labute approximate surface area is 120 Å². The first-order chi connectivity index (χ1) is 9.37.